The highest BCUT2D eigenvalue weighted by atomic mass is 35.5. The number of carbonyl (C=O) groups is 1. The number of halogens is 4. The Morgan fingerprint density at radius 3 is 2.43 bits per heavy atom. The molecule has 0 bridgehead atoms. The Morgan fingerprint density at radius 2 is 1.89 bits per heavy atom. The number of benzene rings is 2. The Balaban J connectivity index is 1.71. The first-order valence-electron chi connectivity index (χ1n) is 11.4. The first kappa shape index (κ1) is 28.6. The van der Waals surface area contributed by atoms with Gasteiger partial charge in [0, 0.05) is 24.6 Å². The second-order valence-corrected chi connectivity index (χ2v) is 10.7. The molecule has 1 saturated heterocycles. The van der Waals surface area contributed by atoms with Crippen LogP contribution >= 0.6 is 23.4 Å². The van der Waals surface area contributed by atoms with Gasteiger partial charge in [-0.05, 0) is 56.9 Å². The fourth-order valence-corrected chi connectivity index (χ4v) is 4.50. The zero-order valence-corrected chi connectivity index (χ0v) is 22.4. The smallest absolute Gasteiger partial charge is 0.417 e. The third kappa shape index (κ3) is 7.52. The Hall–Kier alpha value is -2.97. The minimum Gasteiger partial charge on any atom is -0.493 e. The lowest BCUT2D eigenvalue weighted by molar-refractivity contribution is -0.137. The standard InChI is InChI=1S/C25H28ClF3N4O3S/c1-24(2,3)36-23(34)32-11-16(12-32)13-35-19-7-5-17(6-8-19)22-20(25(27,28)29)9-18(10-21(22)26)33(15-37-4)31-14-30/h5-10,16,31H,11-13,15H2,1-4H3. The van der Waals surface area contributed by atoms with Crippen LogP contribution < -0.4 is 15.2 Å². The summed E-state index contributed by atoms with van der Waals surface area (Å²) in [5, 5.41) is 10.1. The lowest BCUT2D eigenvalue weighted by Crippen LogP contribution is -2.53. The number of hydrogen-bond donors (Lipinski definition) is 1. The van der Waals surface area contributed by atoms with E-state index in [2.05, 4.69) is 5.43 Å². The molecule has 0 saturated carbocycles. The van der Waals surface area contributed by atoms with E-state index in [0.29, 0.717) is 25.4 Å². The van der Waals surface area contributed by atoms with Crippen LogP contribution in [0.5, 0.6) is 5.75 Å². The number of likely N-dealkylation sites (tertiary alicyclic amines) is 1. The Bertz CT molecular complexity index is 1140. The molecule has 1 fully saturated rings. The van der Waals surface area contributed by atoms with Gasteiger partial charge in [0.1, 0.15) is 11.4 Å². The van der Waals surface area contributed by atoms with Gasteiger partial charge in [-0.2, -0.15) is 18.4 Å². The molecule has 1 N–H and O–H groups in total. The van der Waals surface area contributed by atoms with Crippen LogP contribution in [0.25, 0.3) is 11.1 Å². The number of ether oxygens (including phenoxy) is 2. The zero-order valence-electron chi connectivity index (χ0n) is 20.9. The van der Waals surface area contributed by atoms with Crippen molar-refractivity contribution in [3.8, 4) is 23.1 Å². The van der Waals surface area contributed by atoms with Gasteiger partial charge in [-0.3, -0.25) is 5.01 Å². The summed E-state index contributed by atoms with van der Waals surface area (Å²) >= 11 is 7.68. The lowest BCUT2D eigenvalue weighted by Gasteiger charge is -2.39. The van der Waals surface area contributed by atoms with Crippen molar-refractivity contribution in [3.05, 3.63) is 47.0 Å². The van der Waals surface area contributed by atoms with Gasteiger partial charge in [-0.15, -0.1) is 11.8 Å². The Kier molecular flexibility index (Phi) is 8.97. The SMILES string of the molecule is CSCN(NC#N)c1cc(Cl)c(-c2ccc(OCC3CN(C(=O)OC(C)(C)C)C3)cc2)c(C(F)(F)F)c1. The van der Waals surface area contributed by atoms with E-state index in [1.165, 1.54) is 35.0 Å². The second kappa shape index (κ2) is 11.6. The lowest BCUT2D eigenvalue weighted by atomic mass is 9.98. The number of nitrogens with one attached hydrogen (secondary N) is 1. The van der Waals surface area contributed by atoms with Gasteiger partial charge in [0.2, 0.25) is 0 Å². The molecular weight excluding hydrogens is 529 g/mol. The van der Waals surface area contributed by atoms with Gasteiger partial charge in [0.15, 0.2) is 6.19 Å². The average molecular weight is 557 g/mol. The number of thioether (sulfide) groups is 1. The van der Waals surface area contributed by atoms with E-state index >= 15 is 0 Å². The molecule has 0 radical (unpaired) electrons. The molecule has 12 heteroatoms. The first-order valence-corrected chi connectivity index (χ1v) is 13.1. The van der Waals surface area contributed by atoms with Crippen molar-refractivity contribution in [1.82, 2.24) is 10.3 Å². The molecule has 0 aliphatic carbocycles. The summed E-state index contributed by atoms with van der Waals surface area (Å²) in [7, 11) is 0. The van der Waals surface area contributed by atoms with E-state index in [1.54, 1.807) is 50.3 Å². The number of hydrogen-bond acceptors (Lipinski definition) is 7. The van der Waals surface area contributed by atoms with Gasteiger partial charge < -0.3 is 14.4 Å². The molecular formula is C25H28ClF3N4O3S. The van der Waals surface area contributed by atoms with Crippen molar-refractivity contribution < 1.29 is 27.4 Å². The maximum atomic E-state index is 14.0. The first-order chi connectivity index (χ1) is 17.3. The molecule has 7 nitrogen and oxygen atoms in total. The maximum Gasteiger partial charge on any atom is 0.417 e. The van der Waals surface area contributed by atoms with Crippen molar-refractivity contribution in [2.24, 2.45) is 5.92 Å². The molecule has 2 aromatic rings. The molecule has 0 spiro atoms. The number of nitriles is 1. The largest absolute Gasteiger partial charge is 0.493 e. The Morgan fingerprint density at radius 1 is 1.24 bits per heavy atom. The fourth-order valence-electron chi connectivity index (χ4n) is 3.71. The van der Waals surface area contributed by atoms with E-state index in [4.69, 9.17) is 26.3 Å². The van der Waals surface area contributed by atoms with Gasteiger partial charge in [0.05, 0.1) is 28.8 Å². The molecule has 0 unspecified atom stereocenters. The number of nitrogens with zero attached hydrogens (tertiary/aromatic N) is 3. The van der Waals surface area contributed by atoms with Crippen molar-refractivity contribution in [1.29, 1.82) is 5.26 Å². The van der Waals surface area contributed by atoms with E-state index in [-0.39, 0.29) is 39.7 Å². The molecule has 0 aromatic heterocycles. The third-order valence-corrected chi connectivity index (χ3v) is 6.19. The molecule has 1 amide bonds. The van der Waals surface area contributed by atoms with Crippen LogP contribution in [0.1, 0.15) is 26.3 Å². The summed E-state index contributed by atoms with van der Waals surface area (Å²) in [6.45, 7) is 6.80. The summed E-state index contributed by atoms with van der Waals surface area (Å²) in [6, 6.07) is 8.57. The van der Waals surface area contributed by atoms with Crippen LogP contribution in [0, 0.1) is 17.4 Å². The van der Waals surface area contributed by atoms with Crippen LogP contribution in [0.4, 0.5) is 23.7 Å². The Labute approximate surface area is 223 Å². The molecule has 0 atom stereocenters. The number of amides is 1. The normalized spacial score (nSPS) is 14.0. The summed E-state index contributed by atoms with van der Waals surface area (Å²) in [4.78, 5) is 13.6. The van der Waals surface area contributed by atoms with Crippen LogP contribution in [0.3, 0.4) is 0 Å². The van der Waals surface area contributed by atoms with Crippen molar-refractivity contribution in [2.75, 3.05) is 36.8 Å². The predicted octanol–water partition coefficient (Wildman–Crippen LogP) is 6.38. The minimum absolute atomic E-state index is 0.0963. The quantitative estimate of drug-likeness (QED) is 0.175. The number of hydrazine groups is 1. The molecule has 1 heterocycles. The highest BCUT2D eigenvalue weighted by molar-refractivity contribution is 7.98. The van der Waals surface area contributed by atoms with Crippen molar-refractivity contribution in [2.45, 2.75) is 32.5 Å². The zero-order chi connectivity index (χ0) is 27.4. The number of alkyl halides is 3. The van der Waals surface area contributed by atoms with E-state index in [9.17, 15) is 18.0 Å². The van der Waals surface area contributed by atoms with Gasteiger partial charge in [-0.25, -0.2) is 10.2 Å². The van der Waals surface area contributed by atoms with E-state index < -0.39 is 17.3 Å². The topological polar surface area (TPSA) is 77.8 Å². The highest BCUT2D eigenvalue weighted by Gasteiger charge is 2.36. The number of carbonyl (C=O) groups excluding carboxylic acids is 1. The maximum absolute atomic E-state index is 14.0. The minimum atomic E-state index is -4.67. The summed E-state index contributed by atoms with van der Waals surface area (Å²) < 4.78 is 53.1. The molecule has 1 aliphatic heterocycles. The van der Waals surface area contributed by atoms with E-state index in [1.807, 2.05) is 0 Å². The number of rotatable bonds is 8. The molecule has 1 aliphatic rings. The van der Waals surface area contributed by atoms with Crippen LogP contribution in [0.15, 0.2) is 36.4 Å². The predicted molar refractivity (Wildman–Crippen MR) is 138 cm³/mol. The van der Waals surface area contributed by atoms with Gasteiger partial charge in [0.25, 0.3) is 0 Å². The monoisotopic (exact) mass is 556 g/mol. The fraction of sp³-hybridized carbons (Fsp3) is 0.440. The summed E-state index contributed by atoms with van der Waals surface area (Å²) in [6.07, 6.45) is -1.55. The number of anilines is 1. The molecule has 200 valence electrons. The molecule has 37 heavy (non-hydrogen) atoms. The second-order valence-electron chi connectivity index (χ2n) is 9.50. The van der Waals surface area contributed by atoms with Crippen LogP contribution in [0.2, 0.25) is 5.02 Å². The van der Waals surface area contributed by atoms with E-state index in [0.717, 1.165) is 6.07 Å². The average Bonchev–Trinajstić information content (AvgIpc) is 2.76. The molecule has 2 aromatic carbocycles. The summed E-state index contributed by atoms with van der Waals surface area (Å²) in [5.74, 6) is 0.866. The van der Waals surface area contributed by atoms with Crippen LogP contribution in [-0.4, -0.2) is 48.4 Å². The van der Waals surface area contributed by atoms with Crippen molar-refractivity contribution in [3.63, 3.8) is 0 Å². The van der Waals surface area contributed by atoms with Crippen LogP contribution in [-0.2, 0) is 10.9 Å². The van der Waals surface area contributed by atoms with Gasteiger partial charge >= 0.3 is 12.3 Å². The third-order valence-electron chi connectivity index (χ3n) is 5.37. The molecule has 3 rings (SSSR count). The van der Waals surface area contributed by atoms with Crippen molar-refractivity contribution >= 4 is 35.1 Å². The van der Waals surface area contributed by atoms with Gasteiger partial charge in [-0.1, -0.05) is 23.7 Å². The highest BCUT2D eigenvalue weighted by Crippen LogP contribution is 2.43. The summed E-state index contributed by atoms with van der Waals surface area (Å²) in [5.41, 5.74) is 1.15.